The van der Waals surface area contributed by atoms with Gasteiger partial charge in [-0.1, -0.05) is 24.3 Å². The van der Waals surface area contributed by atoms with Crippen LogP contribution in [0.3, 0.4) is 0 Å². The van der Waals surface area contributed by atoms with Gasteiger partial charge < -0.3 is 10.3 Å². The Bertz CT molecular complexity index is 551. The third kappa shape index (κ3) is 1.87. The van der Waals surface area contributed by atoms with Gasteiger partial charge in [-0.2, -0.15) is 4.73 Å². The van der Waals surface area contributed by atoms with Crippen molar-refractivity contribution in [2.75, 3.05) is 0 Å². The minimum absolute atomic E-state index is 0.0175. The molecule has 92 valence electrons. The molecule has 3 rings (SSSR count). The highest BCUT2D eigenvalue weighted by Gasteiger charge is 2.29. The van der Waals surface area contributed by atoms with Crippen molar-refractivity contribution >= 4 is 0 Å². The number of fused-ring (bicyclic) bond motifs is 1. The third-order valence-corrected chi connectivity index (χ3v) is 3.67. The van der Waals surface area contributed by atoms with E-state index >= 15 is 0 Å². The Morgan fingerprint density at radius 2 is 1.83 bits per heavy atom. The Balaban J connectivity index is 2.07. The van der Waals surface area contributed by atoms with Crippen molar-refractivity contribution in [1.82, 2.24) is 0 Å². The van der Waals surface area contributed by atoms with Gasteiger partial charge in [-0.3, -0.25) is 0 Å². The van der Waals surface area contributed by atoms with E-state index in [-0.39, 0.29) is 12.0 Å². The number of rotatable bonds is 1. The number of nitrogens with zero attached hydrogens (tertiary/aromatic N) is 1. The summed E-state index contributed by atoms with van der Waals surface area (Å²) in [6, 6.07) is 11.8. The van der Waals surface area contributed by atoms with Crippen molar-refractivity contribution in [2.45, 2.75) is 24.9 Å². The van der Waals surface area contributed by atoms with Crippen LogP contribution < -0.4 is 4.73 Å². The number of aliphatic hydroxyl groups excluding tert-OH is 1. The maximum absolute atomic E-state index is 11.1. The summed E-state index contributed by atoms with van der Waals surface area (Å²) in [7, 11) is 0. The zero-order chi connectivity index (χ0) is 12.5. The number of aromatic nitrogens is 1. The summed E-state index contributed by atoms with van der Waals surface area (Å²) >= 11 is 0. The van der Waals surface area contributed by atoms with E-state index in [0.29, 0.717) is 0 Å². The van der Waals surface area contributed by atoms with Gasteiger partial charge in [0.15, 0.2) is 12.4 Å². The smallest absolute Gasteiger partial charge is 0.180 e. The number of hydrogen-bond acceptors (Lipinski definition) is 2. The van der Waals surface area contributed by atoms with E-state index in [1.54, 1.807) is 12.1 Å². The highest BCUT2D eigenvalue weighted by Crippen LogP contribution is 2.36. The number of pyridine rings is 1. The van der Waals surface area contributed by atoms with Gasteiger partial charge in [0.1, 0.15) is 0 Å². The van der Waals surface area contributed by atoms with Crippen LogP contribution in [0.2, 0.25) is 0 Å². The van der Waals surface area contributed by atoms with Gasteiger partial charge in [0, 0.05) is 18.1 Å². The monoisotopic (exact) mass is 241 g/mol. The molecule has 0 spiro atoms. The fraction of sp³-hybridized carbons (Fsp3) is 0.267. The zero-order valence-corrected chi connectivity index (χ0v) is 9.99. The van der Waals surface area contributed by atoms with E-state index in [0.717, 1.165) is 23.1 Å². The SMILES string of the molecule is [O-][n+]1ccc(C2c3ccccc3CCC2O)cc1. The fourth-order valence-electron chi connectivity index (χ4n) is 2.78. The van der Waals surface area contributed by atoms with Crippen LogP contribution in [0.1, 0.15) is 29.0 Å². The Kier molecular flexibility index (Phi) is 2.76. The highest BCUT2D eigenvalue weighted by molar-refractivity contribution is 5.40. The molecular weight excluding hydrogens is 226 g/mol. The van der Waals surface area contributed by atoms with Gasteiger partial charge in [0.2, 0.25) is 0 Å². The Morgan fingerprint density at radius 3 is 2.61 bits per heavy atom. The van der Waals surface area contributed by atoms with Crippen LogP contribution >= 0.6 is 0 Å². The molecule has 1 aromatic heterocycles. The number of aliphatic hydroxyl groups is 1. The second-order valence-corrected chi connectivity index (χ2v) is 4.77. The van der Waals surface area contributed by atoms with Crippen LogP contribution in [0.4, 0.5) is 0 Å². The fourth-order valence-corrected chi connectivity index (χ4v) is 2.78. The zero-order valence-electron chi connectivity index (χ0n) is 9.99. The molecule has 2 unspecified atom stereocenters. The predicted octanol–water partition coefficient (Wildman–Crippen LogP) is 1.76. The van der Waals surface area contributed by atoms with Gasteiger partial charge in [0.05, 0.1) is 6.10 Å². The first-order valence-electron chi connectivity index (χ1n) is 6.20. The molecule has 1 heterocycles. The summed E-state index contributed by atoms with van der Waals surface area (Å²) in [5.41, 5.74) is 3.48. The normalized spacial score (nSPS) is 22.5. The number of aryl methyl sites for hydroxylation is 1. The lowest BCUT2D eigenvalue weighted by Gasteiger charge is -2.30. The molecule has 0 saturated carbocycles. The van der Waals surface area contributed by atoms with Crippen LogP contribution in [0.15, 0.2) is 48.8 Å². The minimum Gasteiger partial charge on any atom is -0.619 e. The van der Waals surface area contributed by atoms with Crippen LogP contribution in [0, 0.1) is 5.21 Å². The van der Waals surface area contributed by atoms with E-state index in [9.17, 15) is 10.3 Å². The lowest BCUT2D eigenvalue weighted by atomic mass is 9.77. The third-order valence-electron chi connectivity index (χ3n) is 3.67. The number of hydrogen-bond donors (Lipinski definition) is 1. The average molecular weight is 241 g/mol. The molecule has 1 N–H and O–H groups in total. The summed E-state index contributed by atoms with van der Waals surface area (Å²) in [6.07, 6.45) is 4.29. The molecule has 0 amide bonds. The first kappa shape index (κ1) is 11.2. The molecule has 1 aliphatic rings. The molecule has 1 aliphatic carbocycles. The number of benzene rings is 1. The summed E-state index contributed by atoms with van der Waals surface area (Å²) in [6.45, 7) is 0. The van der Waals surface area contributed by atoms with Crippen molar-refractivity contribution in [3.05, 3.63) is 70.7 Å². The first-order chi connectivity index (χ1) is 8.75. The summed E-state index contributed by atoms with van der Waals surface area (Å²) in [5.74, 6) is -0.0175. The topological polar surface area (TPSA) is 47.2 Å². The van der Waals surface area contributed by atoms with Crippen LogP contribution in [0.25, 0.3) is 0 Å². The van der Waals surface area contributed by atoms with Gasteiger partial charge >= 0.3 is 0 Å². The molecule has 2 aromatic rings. The average Bonchev–Trinajstić information content (AvgIpc) is 2.40. The van der Waals surface area contributed by atoms with E-state index in [1.807, 2.05) is 12.1 Å². The maximum atomic E-state index is 11.1. The van der Waals surface area contributed by atoms with E-state index in [4.69, 9.17) is 0 Å². The molecule has 0 saturated heterocycles. The minimum atomic E-state index is -0.373. The predicted molar refractivity (Wildman–Crippen MR) is 68.0 cm³/mol. The van der Waals surface area contributed by atoms with Gasteiger partial charge in [-0.15, -0.1) is 0 Å². The highest BCUT2D eigenvalue weighted by atomic mass is 16.5. The van der Waals surface area contributed by atoms with Crippen molar-refractivity contribution in [1.29, 1.82) is 0 Å². The van der Waals surface area contributed by atoms with Crippen molar-refractivity contribution < 1.29 is 9.84 Å². The molecule has 3 nitrogen and oxygen atoms in total. The van der Waals surface area contributed by atoms with Gasteiger partial charge in [-0.25, -0.2) is 0 Å². The molecule has 18 heavy (non-hydrogen) atoms. The Morgan fingerprint density at radius 1 is 1.11 bits per heavy atom. The van der Waals surface area contributed by atoms with Crippen LogP contribution in [-0.2, 0) is 6.42 Å². The second kappa shape index (κ2) is 4.42. The Labute approximate surface area is 106 Å². The molecule has 0 radical (unpaired) electrons. The summed E-state index contributed by atoms with van der Waals surface area (Å²) in [5, 5.41) is 21.3. The second-order valence-electron chi connectivity index (χ2n) is 4.77. The molecule has 2 atom stereocenters. The summed E-state index contributed by atoms with van der Waals surface area (Å²) in [4.78, 5) is 0. The van der Waals surface area contributed by atoms with Gasteiger partial charge in [-0.05, 0) is 29.5 Å². The molecular formula is C15H15NO2. The van der Waals surface area contributed by atoms with Crippen molar-refractivity contribution in [3.8, 4) is 0 Å². The van der Waals surface area contributed by atoms with E-state index in [2.05, 4.69) is 12.1 Å². The van der Waals surface area contributed by atoms with E-state index < -0.39 is 0 Å². The van der Waals surface area contributed by atoms with Crippen molar-refractivity contribution in [3.63, 3.8) is 0 Å². The lowest BCUT2D eigenvalue weighted by molar-refractivity contribution is -0.605. The first-order valence-corrected chi connectivity index (χ1v) is 6.20. The molecule has 1 aromatic carbocycles. The molecule has 0 aliphatic heterocycles. The largest absolute Gasteiger partial charge is 0.619 e. The Hall–Kier alpha value is -1.87. The molecule has 3 heteroatoms. The van der Waals surface area contributed by atoms with E-state index in [1.165, 1.54) is 23.5 Å². The van der Waals surface area contributed by atoms with Crippen molar-refractivity contribution in [2.24, 2.45) is 0 Å². The quantitative estimate of drug-likeness (QED) is 0.611. The maximum Gasteiger partial charge on any atom is 0.180 e. The standard InChI is InChI=1S/C15H15NO2/c17-14-6-5-11-3-1-2-4-13(11)15(14)12-7-9-16(18)10-8-12/h1-4,7-10,14-15,17H,5-6H2. The van der Waals surface area contributed by atoms with Crippen LogP contribution in [-0.4, -0.2) is 11.2 Å². The molecule has 0 bridgehead atoms. The lowest BCUT2D eigenvalue weighted by Crippen LogP contribution is -2.28. The summed E-state index contributed by atoms with van der Waals surface area (Å²) < 4.78 is 0.768. The van der Waals surface area contributed by atoms with Gasteiger partial charge in [0.25, 0.3) is 0 Å². The molecule has 0 fully saturated rings. The van der Waals surface area contributed by atoms with Crippen LogP contribution in [0.5, 0.6) is 0 Å².